The van der Waals surface area contributed by atoms with E-state index < -0.39 is 23.3 Å². The summed E-state index contributed by atoms with van der Waals surface area (Å²) in [6.45, 7) is 3.21. The summed E-state index contributed by atoms with van der Waals surface area (Å²) in [5.41, 5.74) is 3.50. The minimum Gasteiger partial charge on any atom is -0.494 e. The minimum atomic E-state index is -0.883. The van der Waals surface area contributed by atoms with Gasteiger partial charge in [0.25, 0.3) is 5.91 Å². The van der Waals surface area contributed by atoms with Gasteiger partial charge in [-0.15, -0.1) is 0 Å². The lowest BCUT2D eigenvalue weighted by Gasteiger charge is -2.18. The Balaban J connectivity index is 3.50. The van der Waals surface area contributed by atoms with E-state index in [2.05, 4.69) is 20.9 Å². The maximum absolute atomic E-state index is 12.6. The number of anilines is 1. The van der Waals surface area contributed by atoms with Gasteiger partial charge in [-0.2, -0.15) is 15.8 Å². The summed E-state index contributed by atoms with van der Waals surface area (Å²) in [4.78, 5) is 24.0. The maximum Gasteiger partial charge on any atom is 0.426 e. The number of benzene rings is 1. The molecule has 0 unspecified atom stereocenters. The van der Waals surface area contributed by atoms with Gasteiger partial charge in [0.05, 0.1) is 25.0 Å². The molecule has 0 aliphatic carbocycles. The van der Waals surface area contributed by atoms with Crippen LogP contribution < -0.4 is 20.9 Å². The van der Waals surface area contributed by atoms with Crippen molar-refractivity contribution < 1.29 is 19.1 Å². The lowest BCUT2D eigenvalue weighted by Crippen LogP contribution is -2.42. The van der Waals surface area contributed by atoms with Crippen LogP contribution in [0.5, 0.6) is 5.75 Å². The molecule has 144 valence electrons. The average Bonchev–Trinajstić information content (AvgIpc) is 2.68. The number of nitrogens with zero attached hydrogens (tertiary/aromatic N) is 3. The molecule has 0 atom stereocenters. The Bertz CT molecular complexity index is 936. The Labute approximate surface area is 165 Å². The number of hydrogen-bond donors (Lipinski definition) is 3. The summed E-state index contributed by atoms with van der Waals surface area (Å²) < 4.78 is 9.84. The van der Waals surface area contributed by atoms with Crippen molar-refractivity contribution in [2.24, 2.45) is 0 Å². The van der Waals surface area contributed by atoms with Gasteiger partial charge in [-0.05, 0) is 19.4 Å². The number of rotatable bonds is 5. The van der Waals surface area contributed by atoms with Crippen LogP contribution in [0.25, 0.3) is 0 Å². The van der Waals surface area contributed by atoms with Crippen molar-refractivity contribution >= 4 is 29.3 Å². The number of amides is 2. The molecule has 28 heavy (non-hydrogen) atoms. The van der Waals surface area contributed by atoms with Gasteiger partial charge in [-0.3, -0.25) is 10.2 Å². The molecule has 10 nitrogen and oxygen atoms in total. The first kappa shape index (κ1) is 22.1. The Morgan fingerprint density at radius 1 is 1.18 bits per heavy atom. The number of carbonyl (C=O) groups excluding carboxylic acids is 2. The first-order valence-corrected chi connectivity index (χ1v) is 8.04. The van der Waals surface area contributed by atoms with E-state index in [-0.39, 0.29) is 28.6 Å². The van der Waals surface area contributed by atoms with E-state index in [1.807, 2.05) is 0 Å². The quantitative estimate of drug-likeness (QED) is 0.499. The molecule has 0 radical (unpaired) electrons. The van der Waals surface area contributed by atoms with E-state index in [9.17, 15) is 14.9 Å². The van der Waals surface area contributed by atoms with Crippen LogP contribution in [0.1, 0.15) is 22.8 Å². The van der Waals surface area contributed by atoms with Gasteiger partial charge < -0.3 is 14.8 Å². The van der Waals surface area contributed by atoms with E-state index >= 15 is 0 Å². The fourth-order valence-corrected chi connectivity index (χ4v) is 2.23. The normalized spacial score (nSPS) is 9.04. The van der Waals surface area contributed by atoms with E-state index in [0.717, 1.165) is 0 Å². The predicted octanol–water partition coefficient (Wildman–Crippen LogP) is 2.28. The second kappa shape index (κ2) is 10.3. The molecule has 2 amide bonds. The molecular weight excluding hydrogens is 388 g/mol. The highest BCUT2D eigenvalue weighted by Crippen LogP contribution is 2.37. The molecule has 0 aliphatic heterocycles. The number of nitriles is 3. The number of hydrazine groups is 1. The van der Waals surface area contributed by atoms with Crippen molar-refractivity contribution in [2.45, 2.75) is 13.8 Å². The zero-order valence-corrected chi connectivity index (χ0v) is 15.9. The molecule has 1 aromatic carbocycles. The molecule has 0 saturated heterocycles. The zero-order chi connectivity index (χ0) is 21.3. The number of methoxy groups -OCH3 is 1. The molecule has 0 aromatic heterocycles. The zero-order valence-electron chi connectivity index (χ0n) is 15.1. The smallest absolute Gasteiger partial charge is 0.426 e. The van der Waals surface area contributed by atoms with Crippen LogP contribution in [0.15, 0.2) is 17.3 Å². The van der Waals surface area contributed by atoms with Crippen molar-refractivity contribution in [1.82, 2.24) is 10.9 Å². The van der Waals surface area contributed by atoms with Crippen molar-refractivity contribution in [2.75, 3.05) is 19.0 Å². The molecule has 0 bridgehead atoms. The van der Waals surface area contributed by atoms with Crippen LogP contribution >= 0.6 is 11.6 Å². The lowest BCUT2D eigenvalue weighted by molar-refractivity contribution is 0.0912. The highest BCUT2D eigenvalue weighted by molar-refractivity contribution is 6.32. The van der Waals surface area contributed by atoms with Crippen LogP contribution in [0.2, 0.25) is 5.02 Å². The molecule has 0 saturated carbocycles. The monoisotopic (exact) mass is 402 g/mol. The summed E-state index contributed by atoms with van der Waals surface area (Å²) in [5, 5.41) is 30.0. The topological polar surface area (TPSA) is 160 Å². The summed E-state index contributed by atoms with van der Waals surface area (Å²) in [6, 6.07) is 6.24. The molecule has 0 fully saturated rings. The molecule has 3 N–H and O–H groups in total. The van der Waals surface area contributed by atoms with E-state index in [1.54, 1.807) is 25.1 Å². The third-order valence-electron chi connectivity index (χ3n) is 3.32. The van der Waals surface area contributed by atoms with Crippen LogP contribution in [0.3, 0.4) is 0 Å². The third-order valence-corrected chi connectivity index (χ3v) is 3.72. The highest BCUT2D eigenvalue weighted by Gasteiger charge is 2.23. The van der Waals surface area contributed by atoms with Crippen molar-refractivity contribution in [3.8, 4) is 24.0 Å². The minimum absolute atomic E-state index is 0.0212. The second-order valence-electron chi connectivity index (χ2n) is 4.95. The van der Waals surface area contributed by atoms with Gasteiger partial charge in [0.2, 0.25) is 0 Å². The SMILES string of the molecule is CCOC(=O)NNC(=O)c1c(C)c(Cl)cc(OC)c1NC(C#N)=C(C#N)C#N. The standard InChI is InChI=1S/C17H15ClN6O4/c1-4-28-17(26)24-23-16(25)14-9(2)11(18)5-13(27-3)15(14)22-12(8-21)10(6-19)7-20/h5,22H,4H2,1-3H3,(H,23,25)(H,24,26). The number of hydrogen-bond acceptors (Lipinski definition) is 8. The molecule has 1 rings (SSSR count). The van der Waals surface area contributed by atoms with Gasteiger partial charge in [-0.25, -0.2) is 10.2 Å². The van der Waals surface area contributed by atoms with Crippen LogP contribution in [-0.2, 0) is 4.74 Å². The average molecular weight is 403 g/mol. The number of nitrogens with one attached hydrogen (secondary N) is 3. The maximum atomic E-state index is 12.6. The van der Waals surface area contributed by atoms with E-state index in [0.29, 0.717) is 5.56 Å². The Morgan fingerprint density at radius 3 is 2.32 bits per heavy atom. The molecule has 0 heterocycles. The molecule has 0 aliphatic rings. The van der Waals surface area contributed by atoms with Crippen LogP contribution in [0, 0.1) is 40.9 Å². The van der Waals surface area contributed by atoms with E-state index in [4.69, 9.17) is 26.9 Å². The molecule has 0 spiro atoms. The van der Waals surface area contributed by atoms with Gasteiger partial charge in [-0.1, -0.05) is 11.6 Å². The van der Waals surface area contributed by atoms with Crippen LogP contribution in [0.4, 0.5) is 10.5 Å². The highest BCUT2D eigenvalue weighted by atomic mass is 35.5. The lowest BCUT2D eigenvalue weighted by atomic mass is 10.0. The van der Waals surface area contributed by atoms with Crippen molar-refractivity contribution in [1.29, 1.82) is 15.8 Å². The predicted molar refractivity (Wildman–Crippen MR) is 97.9 cm³/mol. The molecule has 1 aromatic rings. The fraction of sp³-hybridized carbons (Fsp3) is 0.235. The molecular formula is C17H15ClN6O4. The second-order valence-corrected chi connectivity index (χ2v) is 5.35. The first-order valence-electron chi connectivity index (χ1n) is 7.66. The van der Waals surface area contributed by atoms with E-state index in [1.165, 1.54) is 20.1 Å². The van der Waals surface area contributed by atoms with Gasteiger partial charge >= 0.3 is 6.09 Å². The summed E-state index contributed by atoms with van der Waals surface area (Å²) >= 11 is 6.13. The Morgan fingerprint density at radius 2 is 1.82 bits per heavy atom. The van der Waals surface area contributed by atoms with Crippen LogP contribution in [-0.4, -0.2) is 25.7 Å². The first-order chi connectivity index (χ1) is 13.3. The van der Waals surface area contributed by atoms with Gasteiger partial charge in [0.1, 0.15) is 29.7 Å². The van der Waals surface area contributed by atoms with Crippen molar-refractivity contribution in [3.05, 3.63) is 33.5 Å². The summed E-state index contributed by atoms with van der Waals surface area (Å²) in [5.74, 6) is -0.735. The van der Waals surface area contributed by atoms with Gasteiger partial charge in [0, 0.05) is 11.1 Å². The Hall–Kier alpha value is -3.94. The number of halogens is 1. The van der Waals surface area contributed by atoms with Gasteiger partial charge in [0.15, 0.2) is 5.57 Å². The summed E-state index contributed by atoms with van der Waals surface area (Å²) in [7, 11) is 1.30. The fourth-order valence-electron chi connectivity index (χ4n) is 2.04. The Kier molecular flexibility index (Phi) is 8.10. The summed E-state index contributed by atoms with van der Waals surface area (Å²) in [6.07, 6.45) is -0.883. The van der Waals surface area contributed by atoms with Crippen molar-refractivity contribution in [3.63, 3.8) is 0 Å². The molecule has 11 heteroatoms. The number of ether oxygens (including phenoxy) is 2. The largest absolute Gasteiger partial charge is 0.494 e. The number of carbonyl (C=O) groups is 2. The third kappa shape index (κ3) is 5.04. The number of allylic oxidation sites excluding steroid dienone is 2.